The van der Waals surface area contributed by atoms with Crippen LogP contribution in [0, 0.1) is 11.3 Å². The minimum atomic E-state index is -0.575. The smallest absolute Gasteiger partial charge is 0.277 e. The van der Waals surface area contributed by atoms with Crippen molar-refractivity contribution in [2.45, 2.75) is 25.0 Å². The number of hydrazine groups is 1. The largest absolute Gasteiger partial charge is 0.494 e. The number of hydrogen-bond acceptors (Lipinski definition) is 7. The number of rotatable bonds is 3. The van der Waals surface area contributed by atoms with E-state index in [1.165, 1.54) is 12.1 Å². The van der Waals surface area contributed by atoms with E-state index in [0.717, 1.165) is 5.56 Å². The summed E-state index contributed by atoms with van der Waals surface area (Å²) >= 11 is 6.26. The molecule has 0 aliphatic carbocycles. The fraction of sp³-hybridized carbons (Fsp3) is 0.227. The summed E-state index contributed by atoms with van der Waals surface area (Å²) in [5.74, 6) is 0.0504. The van der Waals surface area contributed by atoms with Gasteiger partial charge in [-0.2, -0.15) is 5.26 Å². The number of carbonyl (C=O) groups excluding carboxylic acids is 1. The van der Waals surface area contributed by atoms with E-state index < -0.39 is 12.2 Å². The highest BCUT2D eigenvalue weighted by molar-refractivity contribution is 6.35. The van der Waals surface area contributed by atoms with Gasteiger partial charge >= 0.3 is 0 Å². The van der Waals surface area contributed by atoms with Gasteiger partial charge in [-0.1, -0.05) is 41.9 Å². The van der Waals surface area contributed by atoms with Crippen LogP contribution in [-0.2, 0) is 4.79 Å². The van der Waals surface area contributed by atoms with Crippen molar-refractivity contribution in [2.75, 3.05) is 7.11 Å². The lowest BCUT2D eigenvalue weighted by atomic mass is 9.90. The number of nitriles is 1. The summed E-state index contributed by atoms with van der Waals surface area (Å²) in [4.78, 5) is 17.9. The molecule has 0 radical (unpaired) electrons. The van der Waals surface area contributed by atoms with Crippen LogP contribution in [0.2, 0.25) is 5.02 Å². The first-order valence-corrected chi connectivity index (χ1v) is 10.1. The number of hydrogen-bond donors (Lipinski definition) is 2. The predicted molar refractivity (Wildman–Crippen MR) is 114 cm³/mol. The van der Waals surface area contributed by atoms with Gasteiger partial charge in [-0.15, -0.1) is 0 Å². The van der Waals surface area contributed by atoms with E-state index in [9.17, 15) is 10.1 Å². The Labute approximate surface area is 183 Å². The summed E-state index contributed by atoms with van der Waals surface area (Å²) in [5, 5.41) is 14.9. The molecule has 8 nitrogen and oxygen atoms in total. The van der Waals surface area contributed by atoms with Gasteiger partial charge in [0.1, 0.15) is 23.5 Å². The quantitative estimate of drug-likeness (QED) is 0.651. The van der Waals surface area contributed by atoms with Gasteiger partial charge < -0.3 is 14.5 Å². The van der Waals surface area contributed by atoms with Gasteiger partial charge in [-0.3, -0.25) is 4.79 Å². The van der Waals surface area contributed by atoms with Gasteiger partial charge in [0.15, 0.2) is 11.1 Å². The molecule has 3 unspecified atom stereocenters. The molecule has 1 aromatic heterocycles. The second kappa shape index (κ2) is 7.30. The van der Waals surface area contributed by atoms with E-state index in [4.69, 9.17) is 20.8 Å². The zero-order valence-corrected chi connectivity index (χ0v) is 17.5. The number of methoxy groups -OCH3 is 1. The van der Waals surface area contributed by atoms with Crippen LogP contribution in [0.4, 0.5) is 0 Å². The maximum absolute atomic E-state index is 13.5. The Kier molecular flexibility index (Phi) is 4.58. The van der Waals surface area contributed by atoms with Gasteiger partial charge in [0.25, 0.3) is 5.91 Å². The van der Waals surface area contributed by atoms with Crippen molar-refractivity contribution in [3.63, 3.8) is 0 Å². The maximum atomic E-state index is 13.5. The summed E-state index contributed by atoms with van der Waals surface area (Å²) in [6.45, 7) is 1.79. The number of halogens is 1. The number of benzene rings is 2. The molecule has 0 saturated carbocycles. The third kappa shape index (κ3) is 2.93. The number of ether oxygens (including phenoxy) is 1. The molecule has 1 amide bonds. The van der Waals surface area contributed by atoms with Crippen LogP contribution >= 0.6 is 11.6 Å². The lowest BCUT2D eigenvalue weighted by Crippen LogP contribution is -2.54. The number of fused-ring (bicyclic) bond motifs is 2. The summed E-state index contributed by atoms with van der Waals surface area (Å²) < 4.78 is 11.2. The highest BCUT2D eigenvalue weighted by atomic mass is 35.5. The minimum absolute atomic E-state index is 0.133. The van der Waals surface area contributed by atoms with E-state index in [1.807, 2.05) is 30.3 Å². The monoisotopic (exact) mass is 435 g/mol. The van der Waals surface area contributed by atoms with Crippen LogP contribution in [0.1, 0.15) is 24.3 Å². The van der Waals surface area contributed by atoms with Gasteiger partial charge in [0, 0.05) is 5.70 Å². The lowest BCUT2D eigenvalue weighted by Gasteiger charge is -2.34. The molecule has 2 N–H and O–H groups in total. The lowest BCUT2D eigenvalue weighted by molar-refractivity contribution is -0.130. The van der Waals surface area contributed by atoms with Crippen LogP contribution < -0.4 is 15.5 Å². The molecule has 31 heavy (non-hydrogen) atoms. The Morgan fingerprint density at radius 2 is 2.03 bits per heavy atom. The molecule has 2 aliphatic heterocycles. The summed E-state index contributed by atoms with van der Waals surface area (Å²) in [7, 11) is 1.53. The van der Waals surface area contributed by atoms with E-state index in [2.05, 4.69) is 21.8 Å². The summed E-state index contributed by atoms with van der Waals surface area (Å²) in [6, 6.07) is 14.7. The molecule has 1 fully saturated rings. The fourth-order valence-corrected chi connectivity index (χ4v) is 4.39. The third-order valence-electron chi connectivity index (χ3n) is 5.64. The highest BCUT2D eigenvalue weighted by Gasteiger charge is 2.49. The van der Waals surface area contributed by atoms with Crippen molar-refractivity contribution in [3.8, 4) is 11.8 Å². The second-order valence-electron chi connectivity index (χ2n) is 7.38. The van der Waals surface area contributed by atoms with E-state index in [-0.39, 0.29) is 23.3 Å². The van der Waals surface area contributed by atoms with Crippen LogP contribution in [0.5, 0.6) is 5.75 Å². The number of amides is 1. The number of nitrogens with one attached hydrogen (secondary N) is 2. The first-order valence-electron chi connectivity index (χ1n) is 9.68. The number of aromatic nitrogens is 1. The van der Waals surface area contributed by atoms with Crippen molar-refractivity contribution < 1.29 is 13.9 Å². The van der Waals surface area contributed by atoms with E-state index in [1.54, 1.807) is 19.1 Å². The van der Waals surface area contributed by atoms with E-state index in [0.29, 0.717) is 27.6 Å². The number of nitrogens with zero attached hydrogens (tertiary/aromatic N) is 3. The van der Waals surface area contributed by atoms with Gasteiger partial charge in [-0.05, 0) is 24.6 Å². The zero-order valence-electron chi connectivity index (χ0n) is 16.7. The fourth-order valence-electron chi connectivity index (χ4n) is 4.20. The molecule has 5 rings (SSSR count). The SMILES string of the molecule is COc1ccc(Cl)c2oc(C3=C(C)NC4C(c5ccccc5)C(C#N)NN4C3=O)nc12. The zero-order chi connectivity index (χ0) is 21.7. The number of carbonyl (C=O) groups is 1. The highest BCUT2D eigenvalue weighted by Crippen LogP contribution is 2.39. The third-order valence-corrected chi connectivity index (χ3v) is 5.94. The summed E-state index contributed by atoms with van der Waals surface area (Å²) in [5.41, 5.74) is 5.65. The van der Waals surface area contributed by atoms with Crippen molar-refractivity contribution >= 4 is 34.2 Å². The maximum Gasteiger partial charge on any atom is 0.277 e. The Hall–Kier alpha value is -3.54. The van der Waals surface area contributed by atoms with Gasteiger partial charge in [-0.25, -0.2) is 15.4 Å². The second-order valence-corrected chi connectivity index (χ2v) is 7.79. The molecule has 2 aromatic carbocycles. The molecular formula is C22H18ClN5O3. The standard InChI is InChI=1S/C22H18ClN5O3/c1-11-16(21-26-18-15(30-2)9-8-13(23)19(18)31-21)22(29)28-20(25-11)17(14(10-24)27-28)12-6-4-3-5-7-12/h3-9,14,17,20,25,27H,1-2H3. The molecule has 1 saturated heterocycles. The molecule has 0 spiro atoms. The van der Waals surface area contributed by atoms with Crippen LogP contribution in [0.15, 0.2) is 52.6 Å². The molecule has 3 aromatic rings. The molecule has 2 aliphatic rings. The van der Waals surface area contributed by atoms with Crippen molar-refractivity contribution in [1.29, 1.82) is 5.26 Å². The average molecular weight is 436 g/mol. The van der Waals surface area contributed by atoms with Crippen LogP contribution in [-0.4, -0.2) is 35.2 Å². The Morgan fingerprint density at radius 3 is 2.74 bits per heavy atom. The van der Waals surface area contributed by atoms with Gasteiger partial charge in [0.05, 0.1) is 24.1 Å². The normalized spacial score (nSPS) is 23.0. The van der Waals surface area contributed by atoms with E-state index >= 15 is 0 Å². The summed E-state index contributed by atoms with van der Waals surface area (Å²) in [6.07, 6.45) is -0.425. The number of oxazole rings is 1. The molecular weight excluding hydrogens is 418 g/mol. The minimum Gasteiger partial charge on any atom is -0.494 e. The first kappa shape index (κ1) is 19.4. The first-order chi connectivity index (χ1) is 15.0. The Morgan fingerprint density at radius 1 is 1.26 bits per heavy atom. The van der Waals surface area contributed by atoms with Crippen molar-refractivity contribution in [2.24, 2.45) is 0 Å². The molecule has 3 atom stereocenters. The molecule has 3 heterocycles. The predicted octanol–water partition coefficient (Wildman–Crippen LogP) is 3.17. The van der Waals surface area contributed by atoms with Crippen molar-refractivity contribution in [1.82, 2.24) is 20.7 Å². The Balaban J connectivity index is 1.59. The molecule has 156 valence electrons. The van der Waals surface area contributed by atoms with Crippen molar-refractivity contribution in [3.05, 3.63) is 64.6 Å². The molecule has 0 bridgehead atoms. The topological polar surface area (TPSA) is 103 Å². The van der Waals surface area contributed by atoms with Crippen LogP contribution in [0.3, 0.4) is 0 Å². The van der Waals surface area contributed by atoms with Crippen LogP contribution in [0.25, 0.3) is 16.7 Å². The Bertz CT molecular complexity index is 1260. The van der Waals surface area contributed by atoms with Gasteiger partial charge in [0.2, 0.25) is 5.89 Å². The average Bonchev–Trinajstić information content (AvgIpc) is 3.37. The number of allylic oxidation sites excluding steroid dienone is 1. The molecule has 9 heteroatoms.